The van der Waals surface area contributed by atoms with E-state index in [2.05, 4.69) is 5.32 Å². The lowest BCUT2D eigenvalue weighted by Gasteiger charge is -1.96. The molecule has 2 aliphatic rings. The number of amides is 1. The van der Waals surface area contributed by atoms with Crippen LogP contribution in [0.2, 0.25) is 0 Å². The summed E-state index contributed by atoms with van der Waals surface area (Å²) in [4.78, 5) is 10.9. The molecule has 2 heteroatoms. The zero-order chi connectivity index (χ0) is 7.68. The summed E-state index contributed by atoms with van der Waals surface area (Å²) in [6, 6.07) is 0. The Balaban J connectivity index is 2.30. The van der Waals surface area contributed by atoms with Gasteiger partial charge < -0.3 is 5.32 Å². The number of nitrogens with one attached hydrogen (secondary N) is 1. The van der Waals surface area contributed by atoms with Crippen molar-refractivity contribution in [1.82, 2.24) is 5.32 Å². The van der Waals surface area contributed by atoms with Crippen LogP contribution in [0.3, 0.4) is 0 Å². The van der Waals surface area contributed by atoms with E-state index in [-0.39, 0.29) is 5.91 Å². The van der Waals surface area contributed by atoms with Gasteiger partial charge in [0.25, 0.3) is 0 Å². The van der Waals surface area contributed by atoms with Crippen molar-refractivity contribution < 1.29 is 4.79 Å². The molecule has 1 N–H and O–H groups in total. The molecular weight excluding hydrogens is 138 g/mol. The van der Waals surface area contributed by atoms with Crippen molar-refractivity contribution in [2.24, 2.45) is 0 Å². The first-order valence-electron chi connectivity index (χ1n) is 3.71. The molecule has 1 aliphatic carbocycles. The van der Waals surface area contributed by atoms with Crippen molar-refractivity contribution in [3.05, 3.63) is 35.6 Å². The van der Waals surface area contributed by atoms with Crippen molar-refractivity contribution in [1.29, 1.82) is 0 Å². The Morgan fingerprint density at radius 3 is 3.18 bits per heavy atom. The second kappa shape index (κ2) is 2.38. The molecule has 1 heterocycles. The molecule has 11 heavy (non-hydrogen) atoms. The van der Waals surface area contributed by atoms with E-state index in [4.69, 9.17) is 0 Å². The van der Waals surface area contributed by atoms with E-state index in [0.29, 0.717) is 6.42 Å². The normalized spacial score (nSPS) is 21.6. The fourth-order valence-corrected chi connectivity index (χ4v) is 1.35. The van der Waals surface area contributed by atoms with E-state index in [9.17, 15) is 4.79 Å². The SMILES string of the molecule is O=C1CC2=C(CC=CC=C2)N1. The molecule has 0 radical (unpaired) electrons. The predicted molar refractivity (Wildman–Crippen MR) is 42.7 cm³/mol. The fourth-order valence-electron chi connectivity index (χ4n) is 1.35. The standard InChI is InChI=1S/C9H9NO/c11-9-6-7-4-2-1-3-5-8(7)10-9/h1-4H,5-6H2,(H,10,11). The van der Waals surface area contributed by atoms with Crippen LogP contribution >= 0.6 is 0 Å². The third-order valence-electron chi connectivity index (χ3n) is 1.90. The summed E-state index contributed by atoms with van der Waals surface area (Å²) in [5.41, 5.74) is 2.21. The smallest absolute Gasteiger partial charge is 0.228 e. The van der Waals surface area contributed by atoms with Crippen LogP contribution in [0.1, 0.15) is 12.8 Å². The van der Waals surface area contributed by atoms with Crippen molar-refractivity contribution in [3.8, 4) is 0 Å². The molecule has 1 amide bonds. The van der Waals surface area contributed by atoms with E-state index in [1.165, 1.54) is 0 Å². The number of hydrogen-bond donors (Lipinski definition) is 1. The number of hydrogen-bond acceptors (Lipinski definition) is 1. The Kier molecular flexibility index (Phi) is 1.39. The van der Waals surface area contributed by atoms with Crippen LogP contribution < -0.4 is 5.32 Å². The highest BCUT2D eigenvalue weighted by Crippen LogP contribution is 2.20. The Hall–Kier alpha value is -1.31. The number of allylic oxidation sites excluding steroid dienone is 4. The molecule has 0 atom stereocenters. The molecule has 0 saturated carbocycles. The minimum atomic E-state index is 0.120. The third-order valence-corrected chi connectivity index (χ3v) is 1.90. The van der Waals surface area contributed by atoms with Gasteiger partial charge in [0.05, 0.1) is 6.42 Å². The Morgan fingerprint density at radius 1 is 1.36 bits per heavy atom. The van der Waals surface area contributed by atoms with Gasteiger partial charge >= 0.3 is 0 Å². The van der Waals surface area contributed by atoms with Gasteiger partial charge in [-0.1, -0.05) is 24.3 Å². The van der Waals surface area contributed by atoms with Gasteiger partial charge in [0.15, 0.2) is 0 Å². The summed E-state index contributed by atoms with van der Waals surface area (Å²) in [5, 5.41) is 2.83. The quantitative estimate of drug-likeness (QED) is 0.549. The first-order valence-corrected chi connectivity index (χ1v) is 3.71. The average Bonchev–Trinajstić information content (AvgIpc) is 2.17. The fraction of sp³-hybridized carbons (Fsp3) is 0.222. The maximum Gasteiger partial charge on any atom is 0.228 e. The highest BCUT2D eigenvalue weighted by molar-refractivity contribution is 5.85. The van der Waals surface area contributed by atoms with E-state index < -0.39 is 0 Å². The van der Waals surface area contributed by atoms with Gasteiger partial charge in [-0.25, -0.2) is 0 Å². The summed E-state index contributed by atoms with van der Waals surface area (Å²) < 4.78 is 0. The van der Waals surface area contributed by atoms with Crippen molar-refractivity contribution in [2.75, 3.05) is 0 Å². The van der Waals surface area contributed by atoms with Crippen LogP contribution in [0, 0.1) is 0 Å². The topological polar surface area (TPSA) is 29.1 Å². The maximum absolute atomic E-state index is 10.9. The van der Waals surface area contributed by atoms with Gasteiger partial charge in [-0.05, 0) is 5.57 Å². The summed E-state index contributed by atoms with van der Waals surface area (Å²) in [6.07, 6.45) is 9.43. The summed E-state index contributed by atoms with van der Waals surface area (Å²) in [5.74, 6) is 0.120. The van der Waals surface area contributed by atoms with Gasteiger partial charge in [0, 0.05) is 12.1 Å². The van der Waals surface area contributed by atoms with E-state index in [0.717, 1.165) is 17.7 Å². The number of carbonyl (C=O) groups is 1. The second-order valence-electron chi connectivity index (χ2n) is 2.72. The van der Waals surface area contributed by atoms with Gasteiger partial charge in [-0.3, -0.25) is 4.79 Å². The van der Waals surface area contributed by atoms with Crippen LogP contribution in [0.15, 0.2) is 35.6 Å². The minimum Gasteiger partial charge on any atom is -0.329 e. The largest absolute Gasteiger partial charge is 0.329 e. The van der Waals surface area contributed by atoms with Gasteiger partial charge in [0.2, 0.25) is 5.91 Å². The van der Waals surface area contributed by atoms with Crippen molar-refractivity contribution in [2.45, 2.75) is 12.8 Å². The zero-order valence-corrected chi connectivity index (χ0v) is 6.13. The molecule has 2 nitrogen and oxygen atoms in total. The Bertz CT molecular complexity index is 284. The first kappa shape index (κ1) is 6.40. The van der Waals surface area contributed by atoms with Gasteiger partial charge in [0.1, 0.15) is 0 Å². The van der Waals surface area contributed by atoms with Crippen LogP contribution in [0.4, 0.5) is 0 Å². The molecular formula is C9H9NO. The lowest BCUT2D eigenvalue weighted by atomic mass is 10.1. The van der Waals surface area contributed by atoms with E-state index >= 15 is 0 Å². The molecule has 0 aromatic heterocycles. The summed E-state index contributed by atoms with van der Waals surface area (Å²) in [6.45, 7) is 0. The van der Waals surface area contributed by atoms with Crippen LogP contribution in [-0.2, 0) is 4.79 Å². The van der Waals surface area contributed by atoms with E-state index in [1.54, 1.807) is 0 Å². The number of carbonyl (C=O) groups excluding carboxylic acids is 1. The summed E-state index contributed by atoms with van der Waals surface area (Å²) in [7, 11) is 0. The molecule has 56 valence electrons. The summed E-state index contributed by atoms with van der Waals surface area (Å²) >= 11 is 0. The maximum atomic E-state index is 10.9. The molecule has 0 bridgehead atoms. The lowest BCUT2D eigenvalue weighted by molar-refractivity contribution is -0.118. The van der Waals surface area contributed by atoms with Crippen LogP contribution in [-0.4, -0.2) is 5.91 Å². The molecule has 0 aromatic rings. The molecule has 2 rings (SSSR count). The van der Waals surface area contributed by atoms with Gasteiger partial charge in [-0.2, -0.15) is 0 Å². The molecule has 0 spiro atoms. The Morgan fingerprint density at radius 2 is 2.27 bits per heavy atom. The van der Waals surface area contributed by atoms with E-state index in [1.807, 2.05) is 24.3 Å². The monoisotopic (exact) mass is 147 g/mol. The molecule has 0 saturated heterocycles. The molecule has 1 aliphatic heterocycles. The second-order valence-corrected chi connectivity index (χ2v) is 2.72. The molecule has 0 aromatic carbocycles. The van der Waals surface area contributed by atoms with Gasteiger partial charge in [-0.15, -0.1) is 0 Å². The zero-order valence-electron chi connectivity index (χ0n) is 6.13. The predicted octanol–water partition coefficient (Wildman–Crippen LogP) is 1.28. The van der Waals surface area contributed by atoms with Crippen molar-refractivity contribution >= 4 is 5.91 Å². The van der Waals surface area contributed by atoms with Crippen LogP contribution in [0.25, 0.3) is 0 Å². The minimum absolute atomic E-state index is 0.120. The molecule has 0 fully saturated rings. The highest BCUT2D eigenvalue weighted by Gasteiger charge is 2.17. The van der Waals surface area contributed by atoms with Crippen molar-refractivity contribution in [3.63, 3.8) is 0 Å². The Labute approximate surface area is 65.3 Å². The van der Waals surface area contributed by atoms with Crippen LogP contribution in [0.5, 0.6) is 0 Å². The first-order chi connectivity index (χ1) is 5.36. The number of rotatable bonds is 0. The third kappa shape index (κ3) is 1.11. The lowest BCUT2D eigenvalue weighted by Crippen LogP contribution is -2.14. The highest BCUT2D eigenvalue weighted by atomic mass is 16.1. The molecule has 0 unspecified atom stereocenters. The average molecular weight is 147 g/mol.